The molecule has 0 aromatic carbocycles. The van der Waals surface area contributed by atoms with Gasteiger partial charge in [0.15, 0.2) is 24.6 Å². The SMILES string of the molecule is CC(=O)O[C@H]1[C@@H](OC(C)=O)[C@@H](CO)O[C@@H](OCC[Si](C)(C)C)[C@@H]1OC(C)=O. The van der Waals surface area contributed by atoms with Gasteiger partial charge >= 0.3 is 17.9 Å². The Morgan fingerprint density at radius 2 is 1.37 bits per heavy atom. The lowest BCUT2D eigenvalue weighted by Crippen LogP contribution is -2.62. The molecule has 5 atom stereocenters. The molecule has 0 aromatic rings. The molecule has 0 spiro atoms. The number of carbonyl (C=O) groups is 3. The van der Waals surface area contributed by atoms with E-state index in [0.29, 0.717) is 6.61 Å². The molecule has 9 nitrogen and oxygen atoms in total. The van der Waals surface area contributed by atoms with Crippen LogP contribution in [0.4, 0.5) is 0 Å². The van der Waals surface area contributed by atoms with E-state index >= 15 is 0 Å². The number of hydrogen-bond donors (Lipinski definition) is 1. The molecule has 1 N–H and O–H groups in total. The molecule has 0 amide bonds. The van der Waals surface area contributed by atoms with Crippen LogP contribution in [0.2, 0.25) is 25.7 Å². The Bertz CT molecular complexity index is 531. The summed E-state index contributed by atoms with van der Waals surface area (Å²) in [6, 6.07) is 0.828. The molecule has 27 heavy (non-hydrogen) atoms. The fraction of sp³-hybridized carbons (Fsp3) is 0.824. The highest BCUT2D eigenvalue weighted by molar-refractivity contribution is 6.76. The Balaban J connectivity index is 3.11. The summed E-state index contributed by atoms with van der Waals surface area (Å²) in [5.74, 6) is -1.95. The van der Waals surface area contributed by atoms with Crippen LogP contribution in [-0.4, -0.2) is 75.0 Å². The van der Waals surface area contributed by atoms with Gasteiger partial charge in [-0.25, -0.2) is 0 Å². The van der Waals surface area contributed by atoms with Crippen molar-refractivity contribution in [2.24, 2.45) is 0 Å². The molecule has 1 aliphatic rings. The minimum atomic E-state index is -1.39. The van der Waals surface area contributed by atoms with Gasteiger partial charge in [0, 0.05) is 35.5 Å². The highest BCUT2D eigenvalue weighted by Crippen LogP contribution is 2.29. The number of esters is 3. The molecule has 0 aromatic heterocycles. The summed E-state index contributed by atoms with van der Waals surface area (Å²) in [5.41, 5.74) is 0. The predicted molar refractivity (Wildman–Crippen MR) is 96.5 cm³/mol. The van der Waals surface area contributed by atoms with Crippen LogP contribution in [0, 0.1) is 0 Å². The number of rotatable bonds is 8. The number of aliphatic hydroxyl groups is 1. The average molecular weight is 407 g/mol. The van der Waals surface area contributed by atoms with Gasteiger partial charge in [0.1, 0.15) is 6.10 Å². The first-order valence-electron chi connectivity index (χ1n) is 8.84. The van der Waals surface area contributed by atoms with Crippen molar-refractivity contribution in [3.63, 3.8) is 0 Å². The second-order valence-corrected chi connectivity index (χ2v) is 13.3. The zero-order chi connectivity index (χ0) is 20.8. The monoisotopic (exact) mass is 406 g/mol. The van der Waals surface area contributed by atoms with Crippen LogP contribution in [0.1, 0.15) is 20.8 Å². The lowest BCUT2D eigenvalue weighted by Gasteiger charge is -2.43. The molecular weight excluding hydrogens is 376 g/mol. The van der Waals surface area contributed by atoms with Crippen molar-refractivity contribution in [2.75, 3.05) is 13.2 Å². The largest absolute Gasteiger partial charge is 0.456 e. The minimum absolute atomic E-state index is 0.349. The molecule has 0 bridgehead atoms. The second kappa shape index (κ2) is 10.2. The first-order valence-corrected chi connectivity index (χ1v) is 12.5. The fourth-order valence-corrected chi connectivity index (χ4v) is 3.35. The fourth-order valence-electron chi connectivity index (χ4n) is 2.62. The van der Waals surface area contributed by atoms with Crippen LogP contribution in [0.15, 0.2) is 0 Å². The van der Waals surface area contributed by atoms with Gasteiger partial charge in [-0.2, -0.15) is 0 Å². The number of carbonyl (C=O) groups excluding carboxylic acids is 3. The second-order valence-electron chi connectivity index (χ2n) is 7.63. The lowest BCUT2D eigenvalue weighted by molar-refractivity contribution is -0.306. The van der Waals surface area contributed by atoms with Crippen molar-refractivity contribution in [1.82, 2.24) is 0 Å². The van der Waals surface area contributed by atoms with Crippen molar-refractivity contribution in [2.45, 2.75) is 77.2 Å². The number of aliphatic hydroxyl groups excluding tert-OH is 1. The molecule has 0 saturated carbocycles. The van der Waals surface area contributed by atoms with Gasteiger partial charge in [-0.3, -0.25) is 14.4 Å². The number of hydrogen-bond acceptors (Lipinski definition) is 9. The topological polar surface area (TPSA) is 118 Å². The maximum Gasteiger partial charge on any atom is 0.303 e. The molecule has 0 unspecified atom stereocenters. The third-order valence-corrected chi connectivity index (χ3v) is 5.52. The quantitative estimate of drug-likeness (QED) is 0.355. The molecule has 1 saturated heterocycles. The Morgan fingerprint density at radius 1 is 0.889 bits per heavy atom. The highest BCUT2D eigenvalue weighted by atomic mass is 28.3. The Kier molecular flexibility index (Phi) is 8.86. The van der Waals surface area contributed by atoms with Crippen LogP contribution >= 0.6 is 0 Å². The first kappa shape index (κ1) is 23.5. The van der Waals surface area contributed by atoms with Crippen molar-refractivity contribution in [3.05, 3.63) is 0 Å². The molecule has 1 aliphatic heterocycles. The molecule has 0 radical (unpaired) electrons. The smallest absolute Gasteiger partial charge is 0.303 e. The van der Waals surface area contributed by atoms with E-state index in [1.165, 1.54) is 20.8 Å². The maximum atomic E-state index is 11.6. The van der Waals surface area contributed by atoms with Crippen LogP contribution in [-0.2, 0) is 38.1 Å². The van der Waals surface area contributed by atoms with E-state index in [0.717, 1.165) is 6.04 Å². The summed E-state index contributed by atoms with van der Waals surface area (Å²) in [5, 5.41) is 9.65. The van der Waals surface area contributed by atoms with Crippen molar-refractivity contribution >= 4 is 26.0 Å². The van der Waals surface area contributed by atoms with Gasteiger partial charge in [0.25, 0.3) is 0 Å². The van der Waals surface area contributed by atoms with Crippen LogP contribution in [0.3, 0.4) is 0 Å². The summed E-state index contributed by atoms with van der Waals surface area (Å²) in [6.07, 6.45) is -5.52. The molecule has 1 fully saturated rings. The van der Waals surface area contributed by atoms with Gasteiger partial charge in [0.05, 0.1) is 6.61 Å². The minimum Gasteiger partial charge on any atom is -0.456 e. The standard InChI is InChI=1S/C17H30O9Si/c1-10(19)23-14-13(9-18)26-17(22-7-8-27(4,5)6)16(25-12(3)21)15(14)24-11(2)20/h13-18H,7-9H2,1-6H3/t13-,14+,15+,16-,17-/m1/s1. The summed E-state index contributed by atoms with van der Waals surface area (Å²) in [4.78, 5) is 34.6. The summed E-state index contributed by atoms with van der Waals surface area (Å²) >= 11 is 0. The van der Waals surface area contributed by atoms with E-state index in [9.17, 15) is 19.5 Å². The van der Waals surface area contributed by atoms with Gasteiger partial charge < -0.3 is 28.8 Å². The normalized spacial score (nSPS) is 28.3. The van der Waals surface area contributed by atoms with Crippen LogP contribution in [0.5, 0.6) is 0 Å². The van der Waals surface area contributed by atoms with Crippen molar-refractivity contribution < 1.29 is 43.2 Å². The molecular formula is C17H30O9Si. The third kappa shape index (κ3) is 7.95. The van der Waals surface area contributed by atoms with Crippen molar-refractivity contribution in [1.29, 1.82) is 0 Å². The zero-order valence-electron chi connectivity index (χ0n) is 16.7. The molecule has 156 valence electrons. The highest BCUT2D eigenvalue weighted by Gasteiger charge is 2.52. The van der Waals surface area contributed by atoms with E-state index in [4.69, 9.17) is 23.7 Å². The summed E-state index contributed by atoms with van der Waals surface area (Å²) in [7, 11) is -1.39. The zero-order valence-corrected chi connectivity index (χ0v) is 17.7. The Hall–Kier alpha value is -1.49. The van der Waals surface area contributed by atoms with E-state index in [2.05, 4.69) is 19.6 Å². The van der Waals surface area contributed by atoms with Crippen LogP contribution < -0.4 is 0 Å². The summed E-state index contributed by atoms with van der Waals surface area (Å²) < 4.78 is 27.2. The summed E-state index contributed by atoms with van der Waals surface area (Å²) in [6.45, 7) is 9.93. The number of ether oxygens (including phenoxy) is 5. The Labute approximate surface area is 160 Å². The van der Waals surface area contributed by atoms with E-state index in [1.807, 2.05) is 0 Å². The molecule has 1 rings (SSSR count). The molecule has 1 heterocycles. The van der Waals surface area contributed by atoms with Crippen molar-refractivity contribution in [3.8, 4) is 0 Å². The Morgan fingerprint density at radius 3 is 1.81 bits per heavy atom. The first-order chi connectivity index (χ1) is 12.4. The molecule has 10 heteroatoms. The van der Waals surface area contributed by atoms with E-state index < -0.39 is 63.3 Å². The van der Waals surface area contributed by atoms with Crippen LogP contribution in [0.25, 0.3) is 0 Å². The van der Waals surface area contributed by atoms with E-state index in [-0.39, 0.29) is 0 Å². The van der Waals surface area contributed by atoms with Gasteiger partial charge in [-0.05, 0) is 6.04 Å². The van der Waals surface area contributed by atoms with Gasteiger partial charge in [-0.1, -0.05) is 19.6 Å². The predicted octanol–water partition coefficient (Wildman–Crippen LogP) is 0.853. The van der Waals surface area contributed by atoms with E-state index in [1.54, 1.807) is 0 Å². The lowest BCUT2D eigenvalue weighted by atomic mass is 9.98. The molecule has 0 aliphatic carbocycles. The van der Waals surface area contributed by atoms with Gasteiger partial charge in [0.2, 0.25) is 0 Å². The average Bonchev–Trinajstić information content (AvgIpc) is 2.49. The van der Waals surface area contributed by atoms with Gasteiger partial charge in [-0.15, -0.1) is 0 Å². The third-order valence-electron chi connectivity index (χ3n) is 3.81. The maximum absolute atomic E-state index is 11.6.